The highest BCUT2D eigenvalue weighted by Crippen LogP contribution is 2.44. The number of nitrogens with zero attached hydrogens (tertiary/aromatic N) is 4. The van der Waals surface area contributed by atoms with E-state index < -0.39 is 10.1 Å². The van der Waals surface area contributed by atoms with Crippen LogP contribution in [0.3, 0.4) is 0 Å². The Hall–Kier alpha value is -3.53. The molecule has 1 amide bonds. The summed E-state index contributed by atoms with van der Waals surface area (Å²) in [6, 6.07) is 13.9. The maximum atomic E-state index is 13.8. The fourth-order valence-electron chi connectivity index (χ4n) is 7.82. The number of unbranched alkanes of at least 4 members (excludes halogenated alkanes) is 4. The molecule has 0 atom stereocenters. The quantitative estimate of drug-likeness (QED) is 0.0669. The number of carbonyl (C=O) groups excluding carboxylic acids is 2. The van der Waals surface area contributed by atoms with Crippen LogP contribution in [0, 0.1) is 0 Å². The predicted molar refractivity (Wildman–Crippen MR) is 232 cm³/mol. The molecule has 2 aliphatic carbocycles. The lowest BCUT2D eigenvalue weighted by Gasteiger charge is -2.10. The van der Waals surface area contributed by atoms with Crippen LogP contribution in [0.5, 0.6) is 0 Å². The van der Waals surface area contributed by atoms with Gasteiger partial charge in [-0.2, -0.15) is 18.6 Å². The number of nitrogens with one attached hydrogen (secondary N) is 1. The van der Waals surface area contributed by atoms with Gasteiger partial charge in [0.1, 0.15) is 9.90 Å². The normalized spacial score (nSPS) is 13.6. The van der Waals surface area contributed by atoms with Gasteiger partial charge in [0.05, 0.1) is 42.6 Å². The van der Waals surface area contributed by atoms with Crippen LogP contribution in [0.1, 0.15) is 94.6 Å². The van der Waals surface area contributed by atoms with E-state index in [4.69, 9.17) is 56.6 Å². The van der Waals surface area contributed by atoms with Gasteiger partial charge in [-0.3, -0.25) is 14.1 Å². The van der Waals surface area contributed by atoms with Crippen molar-refractivity contribution in [2.45, 2.75) is 81.3 Å². The molecule has 4 aromatic heterocycles. The number of Topliss-reactive ketones (excluding diaryl/α,β-unsaturated/α-hetero) is 1. The number of aromatic nitrogens is 4. The molecule has 302 valence electrons. The van der Waals surface area contributed by atoms with E-state index in [1.165, 1.54) is 11.6 Å². The van der Waals surface area contributed by atoms with Gasteiger partial charge in [0, 0.05) is 34.1 Å². The molecule has 0 saturated carbocycles. The molecule has 58 heavy (non-hydrogen) atoms. The smallest absolute Gasteiger partial charge is 0.304 e. The average Bonchev–Trinajstić information content (AvgIpc) is 3.94. The molecule has 6 aromatic rings. The Kier molecular flexibility index (Phi) is 12.2. The van der Waals surface area contributed by atoms with Gasteiger partial charge in [0.25, 0.3) is 5.91 Å². The highest BCUT2D eigenvalue weighted by molar-refractivity contribution is 7.88. The highest BCUT2D eigenvalue weighted by atomic mass is 35.5. The topological polar surface area (TPSA) is 136 Å². The molecular formula is C41H37Cl4N5O5S3. The van der Waals surface area contributed by atoms with E-state index >= 15 is 0 Å². The van der Waals surface area contributed by atoms with E-state index in [2.05, 4.69) is 16.8 Å². The van der Waals surface area contributed by atoms with Crippen LogP contribution in [0.25, 0.3) is 32.5 Å². The van der Waals surface area contributed by atoms with E-state index in [9.17, 15) is 22.6 Å². The molecule has 0 spiro atoms. The molecule has 0 bridgehead atoms. The second kappa shape index (κ2) is 17.2. The van der Waals surface area contributed by atoms with Crippen LogP contribution in [0.4, 0.5) is 0 Å². The lowest BCUT2D eigenvalue weighted by molar-refractivity contribution is 0.0943. The Morgan fingerprint density at radius 1 is 0.724 bits per heavy atom. The lowest BCUT2D eigenvalue weighted by atomic mass is 10.0. The monoisotopic (exact) mass is 915 g/mol. The number of rotatable bonds is 13. The minimum absolute atomic E-state index is 0.101. The number of ketones is 1. The molecule has 0 fully saturated rings. The van der Waals surface area contributed by atoms with Gasteiger partial charge in [-0.25, -0.2) is 9.36 Å². The molecule has 4 heterocycles. The summed E-state index contributed by atoms with van der Waals surface area (Å²) < 4.78 is 37.3. The Morgan fingerprint density at radius 3 is 1.97 bits per heavy atom. The first-order valence-electron chi connectivity index (χ1n) is 19.0. The molecule has 0 radical (unpaired) electrons. The van der Waals surface area contributed by atoms with E-state index in [1.54, 1.807) is 51.0 Å². The van der Waals surface area contributed by atoms with Crippen molar-refractivity contribution < 1.29 is 22.6 Å². The largest absolute Gasteiger partial charge is 0.351 e. The lowest BCUT2D eigenvalue weighted by Crippen LogP contribution is -2.26. The van der Waals surface area contributed by atoms with Gasteiger partial charge in [-0.15, -0.1) is 22.7 Å². The molecule has 0 saturated heterocycles. The zero-order valence-corrected chi connectivity index (χ0v) is 36.5. The predicted octanol–water partition coefficient (Wildman–Crippen LogP) is 11.3. The molecule has 2 N–H and O–H groups in total. The molecule has 0 aliphatic heterocycles. The van der Waals surface area contributed by atoms with Crippen molar-refractivity contribution in [3.8, 4) is 32.5 Å². The number of amides is 1. The SMILES string of the molecule is O=C(CCCCCCCNC(=O)c1nn(-c2ccc(Cl)cc2Cl)c2c1CCCc1ccsc1-2)c1nn(-c2ccc(Cl)cc2Cl)c2c1CCCc1cc(S(=O)(=O)O)sc1-2. The summed E-state index contributed by atoms with van der Waals surface area (Å²) in [4.78, 5) is 29.2. The zero-order chi connectivity index (χ0) is 40.7. The third-order valence-corrected chi connectivity index (χ3v) is 15.1. The zero-order valence-electron chi connectivity index (χ0n) is 31.0. The third kappa shape index (κ3) is 8.29. The molecule has 0 unspecified atom stereocenters. The Morgan fingerprint density at radius 2 is 1.31 bits per heavy atom. The van der Waals surface area contributed by atoms with E-state index in [-0.39, 0.29) is 15.9 Å². The van der Waals surface area contributed by atoms with Crippen molar-refractivity contribution in [3.05, 3.63) is 108 Å². The van der Waals surface area contributed by atoms with Gasteiger partial charge in [-0.1, -0.05) is 65.7 Å². The van der Waals surface area contributed by atoms with E-state index in [0.717, 1.165) is 83.5 Å². The summed E-state index contributed by atoms with van der Waals surface area (Å²) in [6.07, 6.45) is 8.69. The van der Waals surface area contributed by atoms with Crippen molar-refractivity contribution >= 4 is 90.9 Å². The number of hydrogen-bond acceptors (Lipinski definition) is 8. The number of fused-ring (bicyclic) bond motifs is 6. The molecular weight excluding hydrogens is 880 g/mol. The second-order valence-corrected chi connectivity index (χ2v) is 19.7. The van der Waals surface area contributed by atoms with Gasteiger partial charge in [-0.05, 0) is 116 Å². The molecule has 17 heteroatoms. The Bertz CT molecular complexity index is 2680. The second-order valence-electron chi connectivity index (χ2n) is 14.4. The van der Waals surface area contributed by atoms with Gasteiger partial charge in [0.15, 0.2) is 11.5 Å². The van der Waals surface area contributed by atoms with Crippen molar-refractivity contribution in [2.75, 3.05) is 6.54 Å². The van der Waals surface area contributed by atoms with Crippen LogP contribution >= 0.6 is 69.1 Å². The van der Waals surface area contributed by atoms with Gasteiger partial charge in [0.2, 0.25) is 0 Å². The average molecular weight is 918 g/mol. The first-order valence-corrected chi connectivity index (χ1v) is 23.7. The number of benzene rings is 2. The Labute approximate surface area is 363 Å². The molecule has 8 rings (SSSR count). The van der Waals surface area contributed by atoms with Crippen LogP contribution in [-0.2, 0) is 35.8 Å². The van der Waals surface area contributed by atoms with Crippen molar-refractivity contribution in [1.82, 2.24) is 24.9 Å². The Balaban J connectivity index is 0.904. The van der Waals surface area contributed by atoms with Crippen LogP contribution < -0.4 is 5.32 Å². The standard InChI is InChI=1S/C41H37Cl4N5O5S3/c42-25-13-15-31(29(44)21-25)49-37-28(11-6-8-23-17-19-56-39(23)37)36(48-49)41(52)46-18-5-3-1-2-4-12-33(51)35-27-10-7-9-24-20-34(58(53,54)55)57-40(24)38(27)50(47-35)32-16-14-26(43)22-30(32)45/h13-17,19-22H,1-12,18H2,(H,46,52)(H,53,54,55). The van der Waals surface area contributed by atoms with Gasteiger partial charge >= 0.3 is 10.1 Å². The number of thiophene rings is 2. The van der Waals surface area contributed by atoms with E-state index in [0.29, 0.717) is 92.1 Å². The minimum Gasteiger partial charge on any atom is -0.351 e. The summed E-state index contributed by atoms with van der Waals surface area (Å²) in [5.41, 5.74) is 7.11. The summed E-state index contributed by atoms with van der Waals surface area (Å²) in [7, 11) is -4.43. The maximum Gasteiger partial charge on any atom is 0.304 e. The number of aryl methyl sites for hydroxylation is 2. The summed E-state index contributed by atoms with van der Waals surface area (Å²) in [5, 5.41) is 16.5. The maximum absolute atomic E-state index is 13.8. The van der Waals surface area contributed by atoms with Crippen molar-refractivity contribution in [1.29, 1.82) is 0 Å². The fourth-order valence-corrected chi connectivity index (χ4v) is 11.8. The van der Waals surface area contributed by atoms with Crippen LogP contribution in [0.2, 0.25) is 20.1 Å². The highest BCUT2D eigenvalue weighted by Gasteiger charge is 2.32. The van der Waals surface area contributed by atoms with Crippen molar-refractivity contribution in [3.63, 3.8) is 0 Å². The number of halogens is 4. The third-order valence-electron chi connectivity index (χ3n) is 10.6. The minimum atomic E-state index is -4.43. The first kappa shape index (κ1) is 41.2. The first-order chi connectivity index (χ1) is 27.9. The molecule has 10 nitrogen and oxygen atoms in total. The van der Waals surface area contributed by atoms with E-state index in [1.807, 2.05) is 6.07 Å². The van der Waals surface area contributed by atoms with Crippen LogP contribution in [-0.4, -0.2) is 50.8 Å². The van der Waals surface area contributed by atoms with Gasteiger partial charge < -0.3 is 5.32 Å². The molecule has 2 aromatic carbocycles. The van der Waals surface area contributed by atoms with Crippen molar-refractivity contribution in [2.24, 2.45) is 0 Å². The number of carbonyl (C=O) groups is 2. The summed E-state index contributed by atoms with van der Waals surface area (Å²) in [6.45, 7) is 0.492. The summed E-state index contributed by atoms with van der Waals surface area (Å²) in [5.74, 6) is -0.316. The molecule has 2 aliphatic rings. The van der Waals surface area contributed by atoms with Crippen LogP contribution in [0.15, 0.2) is 58.1 Å². The fraction of sp³-hybridized carbons (Fsp3) is 0.317. The number of hydrogen-bond donors (Lipinski definition) is 2. The summed E-state index contributed by atoms with van der Waals surface area (Å²) >= 11 is 28.3.